The minimum absolute atomic E-state index is 0.198. The number of nitrogens with zero attached hydrogens (tertiary/aromatic N) is 3. The van der Waals surface area contributed by atoms with Gasteiger partial charge in [-0.25, -0.2) is 9.78 Å². The lowest BCUT2D eigenvalue weighted by Crippen LogP contribution is -2.49. The average Bonchev–Trinajstić information content (AvgIpc) is 2.45. The number of ether oxygens (including phenoxy) is 1. The minimum Gasteiger partial charge on any atom is -0.444 e. The van der Waals surface area contributed by atoms with Crippen molar-refractivity contribution in [3.63, 3.8) is 0 Å². The van der Waals surface area contributed by atoms with Gasteiger partial charge in [0.2, 0.25) is 0 Å². The molecule has 1 atom stereocenters. The van der Waals surface area contributed by atoms with Crippen molar-refractivity contribution in [1.29, 1.82) is 0 Å². The predicted octanol–water partition coefficient (Wildman–Crippen LogP) is 3.68. The highest BCUT2D eigenvalue weighted by molar-refractivity contribution is 9.10. The fraction of sp³-hybridized carbons (Fsp3) is 0.647. The van der Waals surface area contributed by atoms with Crippen LogP contribution in [-0.2, 0) is 11.3 Å². The van der Waals surface area contributed by atoms with Crippen molar-refractivity contribution in [2.45, 2.75) is 51.8 Å². The molecule has 2 rings (SSSR count). The molecule has 0 spiro atoms. The Balaban J connectivity index is 1.93. The second-order valence-corrected chi connectivity index (χ2v) is 7.92. The second-order valence-electron chi connectivity index (χ2n) is 7.11. The molecule has 1 amide bonds. The molecule has 1 fully saturated rings. The van der Waals surface area contributed by atoms with Gasteiger partial charge >= 0.3 is 6.09 Å². The molecule has 5 nitrogen and oxygen atoms in total. The minimum atomic E-state index is -0.455. The molecule has 1 aromatic heterocycles. The maximum Gasteiger partial charge on any atom is 0.410 e. The Morgan fingerprint density at radius 2 is 2.26 bits per heavy atom. The van der Waals surface area contributed by atoms with E-state index in [1.54, 1.807) is 4.90 Å². The van der Waals surface area contributed by atoms with E-state index in [-0.39, 0.29) is 12.1 Å². The van der Waals surface area contributed by atoms with E-state index in [1.165, 1.54) is 5.56 Å². The molecule has 2 heterocycles. The fourth-order valence-corrected chi connectivity index (χ4v) is 3.19. The van der Waals surface area contributed by atoms with Crippen LogP contribution in [0, 0.1) is 0 Å². The molecule has 6 heteroatoms. The first kappa shape index (κ1) is 18.2. The van der Waals surface area contributed by atoms with E-state index < -0.39 is 5.60 Å². The lowest BCUT2D eigenvalue weighted by molar-refractivity contribution is 0.0130. The third-order valence-corrected chi connectivity index (χ3v) is 4.34. The van der Waals surface area contributed by atoms with Gasteiger partial charge < -0.3 is 9.64 Å². The SMILES string of the molecule is CN(C(=O)OC(C)(C)C)[C@H]1CCCN(Cc2ccnc(Br)c2)C1. The van der Waals surface area contributed by atoms with E-state index in [0.29, 0.717) is 0 Å². The predicted molar refractivity (Wildman–Crippen MR) is 94.2 cm³/mol. The zero-order valence-corrected chi connectivity index (χ0v) is 16.0. The molecular formula is C17H26BrN3O2. The number of hydrogen-bond acceptors (Lipinski definition) is 4. The van der Waals surface area contributed by atoms with Gasteiger partial charge in [0.05, 0.1) is 0 Å². The highest BCUT2D eigenvalue weighted by atomic mass is 79.9. The highest BCUT2D eigenvalue weighted by Crippen LogP contribution is 2.20. The van der Waals surface area contributed by atoms with Gasteiger partial charge in [0.25, 0.3) is 0 Å². The van der Waals surface area contributed by atoms with Crippen molar-refractivity contribution >= 4 is 22.0 Å². The van der Waals surface area contributed by atoms with Gasteiger partial charge in [-0.05, 0) is 73.8 Å². The van der Waals surface area contributed by atoms with Crippen LogP contribution in [0.5, 0.6) is 0 Å². The Labute approximate surface area is 147 Å². The van der Waals surface area contributed by atoms with E-state index in [4.69, 9.17) is 4.74 Å². The van der Waals surface area contributed by atoms with Crippen molar-refractivity contribution in [1.82, 2.24) is 14.8 Å². The summed E-state index contributed by atoms with van der Waals surface area (Å²) in [6.07, 6.45) is 3.68. The Morgan fingerprint density at radius 3 is 2.91 bits per heavy atom. The van der Waals surface area contributed by atoms with E-state index >= 15 is 0 Å². The molecular weight excluding hydrogens is 358 g/mol. The van der Waals surface area contributed by atoms with Crippen LogP contribution in [-0.4, -0.2) is 52.7 Å². The molecule has 0 saturated carbocycles. The molecule has 128 valence electrons. The van der Waals surface area contributed by atoms with Gasteiger partial charge in [0.15, 0.2) is 0 Å². The number of halogens is 1. The van der Waals surface area contributed by atoms with E-state index in [9.17, 15) is 4.79 Å². The molecule has 0 radical (unpaired) electrons. The number of rotatable bonds is 3. The average molecular weight is 384 g/mol. The summed E-state index contributed by atoms with van der Waals surface area (Å²) in [7, 11) is 1.84. The quantitative estimate of drug-likeness (QED) is 0.746. The first-order chi connectivity index (χ1) is 10.7. The summed E-state index contributed by atoms with van der Waals surface area (Å²) in [5.41, 5.74) is 0.774. The van der Waals surface area contributed by atoms with E-state index in [2.05, 4.69) is 25.8 Å². The van der Waals surface area contributed by atoms with Crippen molar-refractivity contribution in [3.8, 4) is 0 Å². The Kier molecular flexibility index (Phi) is 6.03. The van der Waals surface area contributed by atoms with Crippen molar-refractivity contribution in [3.05, 3.63) is 28.5 Å². The topological polar surface area (TPSA) is 45.7 Å². The van der Waals surface area contributed by atoms with Crippen LogP contribution in [0.1, 0.15) is 39.2 Å². The molecule has 23 heavy (non-hydrogen) atoms. The van der Waals surface area contributed by atoms with Crippen LogP contribution in [0.2, 0.25) is 0 Å². The number of aromatic nitrogens is 1. The Hall–Kier alpha value is -1.14. The highest BCUT2D eigenvalue weighted by Gasteiger charge is 2.29. The van der Waals surface area contributed by atoms with Crippen molar-refractivity contribution in [2.75, 3.05) is 20.1 Å². The summed E-state index contributed by atoms with van der Waals surface area (Å²) in [6, 6.07) is 4.27. The number of likely N-dealkylation sites (N-methyl/N-ethyl adjacent to an activating group) is 1. The smallest absolute Gasteiger partial charge is 0.410 e. The molecule has 0 aromatic carbocycles. The van der Waals surface area contributed by atoms with Gasteiger partial charge in [-0.3, -0.25) is 4.90 Å². The third-order valence-electron chi connectivity index (χ3n) is 3.91. The van der Waals surface area contributed by atoms with Crippen LogP contribution >= 0.6 is 15.9 Å². The molecule has 1 saturated heterocycles. The number of pyridine rings is 1. The number of hydrogen-bond donors (Lipinski definition) is 0. The summed E-state index contributed by atoms with van der Waals surface area (Å²) >= 11 is 3.41. The number of likely N-dealkylation sites (tertiary alicyclic amines) is 1. The maximum atomic E-state index is 12.2. The lowest BCUT2D eigenvalue weighted by Gasteiger charge is -2.38. The Morgan fingerprint density at radius 1 is 1.52 bits per heavy atom. The molecule has 0 N–H and O–H groups in total. The first-order valence-electron chi connectivity index (χ1n) is 8.03. The number of carbonyl (C=O) groups excluding carboxylic acids is 1. The molecule has 0 bridgehead atoms. The summed E-state index contributed by atoms with van der Waals surface area (Å²) in [5, 5.41) is 0. The van der Waals surface area contributed by atoms with Crippen LogP contribution in [0.25, 0.3) is 0 Å². The number of amides is 1. The molecule has 1 aliphatic heterocycles. The first-order valence-corrected chi connectivity index (χ1v) is 8.82. The summed E-state index contributed by atoms with van der Waals surface area (Å²) < 4.78 is 6.33. The third kappa shape index (κ3) is 5.77. The van der Waals surface area contributed by atoms with Crippen LogP contribution in [0.15, 0.2) is 22.9 Å². The fourth-order valence-electron chi connectivity index (χ4n) is 2.77. The lowest BCUT2D eigenvalue weighted by atomic mass is 10.0. The molecule has 0 unspecified atom stereocenters. The van der Waals surface area contributed by atoms with Gasteiger partial charge in [0, 0.05) is 32.4 Å². The van der Waals surface area contributed by atoms with Crippen LogP contribution in [0.3, 0.4) is 0 Å². The molecule has 0 aliphatic carbocycles. The zero-order chi connectivity index (χ0) is 17.0. The maximum absolute atomic E-state index is 12.2. The summed E-state index contributed by atoms with van der Waals surface area (Å²) in [4.78, 5) is 20.5. The Bertz CT molecular complexity index is 545. The monoisotopic (exact) mass is 383 g/mol. The van der Waals surface area contributed by atoms with Gasteiger partial charge in [-0.2, -0.15) is 0 Å². The largest absolute Gasteiger partial charge is 0.444 e. The van der Waals surface area contributed by atoms with E-state index in [0.717, 1.165) is 37.1 Å². The standard InChI is InChI=1S/C17H26BrN3O2/c1-17(2,3)23-16(22)20(4)14-6-5-9-21(12-14)11-13-7-8-19-15(18)10-13/h7-8,10,14H,5-6,9,11-12H2,1-4H3/t14-/m0/s1. The van der Waals surface area contributed by atoms with Gasteiger partial charge in [0.1, 0.15) is 10.2 Å². The molecule has 1 aliphatic rings. The molecule has 1 aromatic rings. The van der Waals surface area contributed by atoms with Crippen LogP contribution < -0.4 is 0 Å². The van der Waals surface area contributed by atoms with Gasteiger partial charge in [-0.15, -0.1) is 0 Å². The number of carbonyl (C=O) groups is 1. The van der Waals surface area contributed by atoms with E-state index in [1.807, 2.05) is 46.1 Å². The number of piperidine rings is 1. The van der Waals surface area contributed by atoms with Crippen molar-refractivity contribution < 1.29 is 9.53 Å². The zero-order valence-electron chi connectivity index (χ0n) is 14.4. The second kappa shape index (κ2) is 7.62. The van der Waals surface area contributed by atoms with Gasteiger partial charge in [-0.1, -0.05) is 0 Å². The van der Waals surface area contributed by atoms with Crippen LogP contribution in [0.4, 0.5) is 4.79 Å². The summed E-state index contributed by atoms with van der Waals surface area (Å²) in [6.45, 7) is 8.49. The summed E-state index contributed by atoms with van der Waals surface area (Å²) in [5.74, 6) is 0. The van der Waals surface area contributed by atoms with Crippen molar-refractivity contribution in [2.24, 2.45) is 0 Å². The normalized spacial score (nSPS) is 19.4.